The molecule has 0 aliphatic carbocycles. The molecule has 14 heteroatoms. The van der Waals surface area contributed by atoms with E-state index in [2.05, 4.69) is 33.6 Å². The zero-order chi connectivity index (χ0) is 27.0. The van der Waals surface area contributed by atoms with Crippen molar-refractivity contribution in [1.29, 1.82) is 0 Å². The summed E-state index contributed by atoms with van der Waals surface area (Å²) in [5.74, 6) is -3.36. The first-order valence-electron chi connectivity index (χ1n) is 11.7. The van der Waals surface area contributed by atoms with Gasteiger partial charge in [-0.3, -0.25) is 19.4 Å². The highest BCUT2D eigenvalue weighted by Gasteiger charge is 2.32. The standard InChI is InChI=1S/C21H42N8O5S/c1-3-12(2)16(19(32)27-14(20(33)34)8-4-5-9-22)29-18(31)15(11-35)28-17(30)13(23)7-6-10-26-21(24)25/h12-16,35H,3-11,22-23H2,1-2H3,(H,27,32)(H,28,30)(H,29,31)(H,33,34)(H4,24,25,26). The molecule has 0 saturated heterocycles. The number of aliphatic carboxylic acids is 1. The number of nitrogens with zero attached hydrogens (tertiary/aromatic N) is 1. The first-order valence-corrected chi connectivity index (χ1v) is 12.4. The van der Waals surface area contributed by atoms with Crippen LogP contribution in [0.5, 0.6) is 0 Å². The molecule has 0 rings (SSSR count). The van der Waals surface area contributed by atoms with E-state index in [0.717, 1.165) is 0 Å². The number of guanidine groups is 1. The highest BCUT2D eigenvalue weighted by Crippen LogP contribution is 2.10. The fourth-order valence-corrected chi connectivity index (χ4v) is 3.35. The van der Waals surface area contributed by atoms with Gasteiger partial charge in [0.25, 0.3) is 0 Å². The molecular formula is C21H42N8O5S. The Bertz CT molecular complexity index is 720. The molecule has 0 heterocycles. The van der Waals surface area contributed by atoms with E-state index in [1.165, 1.54) is 0 Å². The largest absolute Gasteiger partial charge is 0.480 e. The Kier molecular flexibility index (Phi) is 16.5. The summed E-state index contributed by atoms with van der Waals surface area (Å²) in [6, 6.07) is -4.04. The Morgan fingerprint density at radius 1 is 0.943 bits per heavy atom. The van der Waals surface area contributed by atoms with E-state index >= 15 is 0 Å². The third-order valence-corrected chi connectivity index (χ3v) is 5.84. The van der Waals surface area contributed by atoms with Crippen molar-refractivity contribution in [2.45, 2.75) is 76.5 Å². The van der Waals surface area contributed by atoms with Crippen LogP contribution >= 0.6 is 12.6 Å². The SMILES string of the molecule is CCC(C)C(NC(=O)C(CS)NC(=O)C(N)CCCN=C(N)N)C(=O)NC(CCCCN)C(=O)O. The topological polar surface area (TPSA) is 241 Å². The predicted octanol–water partition coefficient (Wildman–Crippen LogP) is -1.99. The molecule has 0 radical (unpaired) electrons. The van der Waals surface area contributed by atoms with E-state index in [9.17, 15) is 24.3 Å². The van der Waals surface area contributed by atoms with Crippen LogP contribution in [0.4, 0.5) is 0 Å². The number of amides is 3. The van der Waals surface area contributed by atoms with Gasteiger partial charge in [-0.05, 0) is 44.6 Å². The van der Waals surface area contributed by atoms with E-state index in [0.29, 0.717) is 45.2 Å². The maximum atomic E-state index is 12.9. The van der Waals surface area contributed by atoms with Crippen molar-refractivity contribution in [1.82, 2.24) is 16.0 Å². The molecule has 0 spiro atoms. The highest BCUT2D eigenvalue weighted by atomic mass is 32.1. The molecule has 0 aromatic heterocycles. The average Bonchev–Trinajstić information content (AvgIpc) is 2.81. The summed E-state index contributed by atoms with van der Waals surface area (Å²) in [5, 5.41) is 17.1. The molecule has 0 aliphatic heterocycles. The van der Waals surface area contributed by atoms with Gasteiger partial charge in [0.1, 0.15) is 18.1 Å². The third kappa shape index (κ3) is 13.2. The number of hydrogen-bond acceptors (Lipinski definition) is 8. The van der Waals surface area contributed by atoms with Crippen LogP contribution < -0.4 is 38.9 Å². The number of nitrogens with two attached hydrogens (primary N) is 4. The van der Waals surface area contributed by atoms with Gasteiger partial charge in [0.2, 0.25) is 17.7 Å². The Hall–Kier alpha value is -2.58. The van der Waals surface area contributed by atoms with Crippen LogP contribution in [0.2, 0.25) is 0 Å². The second-order valence-corrected chi connectivity index (χ2v) is 8.72. The lowest BCUT2D eigenvalue weighted by atomic mass is 9.97. The number of hydrogen-bond donors (Lipinski definition) is 9. The second-order valence-electron chi connectivity index (χ2n) is 8.35. The lowest BCUT2D eigenvalue weighted by Gasteiger charge is -2.27. The first-order chi connectivity index (χ1) is 16.5. The average molecular weight is 519 g/mol. The van der Waals surface area contributed by atoms with Gasteiger partial charge in [0.15, 0.2) is 5.96 Å². The Balaban J connectivity index is 5.16. The van der Waals surface area contributed by atoms with Gasteiger partial charge in [-0.1, -0.05) is 20.3 Å². The minimum absolute atomic E-state index is 0.0377. The molecule has 0 bridgehead atoms. The monoisotopic (exact) mass is 518 g/mol. The van der Waals surface area contributed by atoms with Crippen LogP contribution in [0.3, 0.4) is 0 Å². The molecule has 5 atom stereocenters. The number of carbonyl (C=O) groups is 4. The summed E-state index contributed by atoms with van der Waals surface area (Å²) in [6.07, 6.45) is 2.69. The van der Waals surface area contributed by atoms with Gasteiger partial charge in [-0.25, -0.2) is 4.79 Å². The molecule has 3 amide bonds. The van der Waals surface area contributed by atoms with E-state index in [4.69, 9.17) is 22.9 Å². The summed E-state index contributed by atoms with van der Waals surface area (Å²) < 4.78 is 0. The van der Waals surface area contributed by atoms with Crippen LogP contribution in [0.15, 0.2) is 4.99 Å². The zero-order valence-electron chi connectivity index (χ0n) is 20.5. The molecule has 13 nitrogen and oxygen atoms in total. The molecule has 0 aliphatic rings. The number of nitrogens with one attached hydrogen (secondary N) is 3. The van der Waals surface area contributed by atoms with Crippen LogP contribution in [0.25, 0.3) is 0 Å². The fraction of sp³-hybridized carbons (Fsp3) is 0.762. The third-order valence-electron chi connectivity index (χ3n) is 5.47. The molecular weight excluding hydrogens is 476 g/mol. The minimum Gasteiger partial charge on any atom is -0.480 e. The fourth-order valence-electron chi connectivity index (χ4n) is 3.09. The summed E-state index contributed by atoms with van der Waals surface area (Å²) in [5.41, 5.74) is 21.8. The van der Waals surface area contributed by atoms with Crippen molar-refractivity contribution in [2.75, 3.05) is 18.8 Å². The van der Waals surface area contributed by atoms with Crippen LogP contribution in [0.1, 0.15) is 52.4 Å². The number of carboxylic acid groups (broad SMARTS) is 1. The van der Waals surface area contributed by atoms with Crippen molar-refractivity contribution >= 4 is 42.3 Å². The molecule has 12 N–H and O–H groups in total. The van der Waals surface area contributed by atoms with Gasteiger partial charge < -0.3 is 44.0 Å². The summed E-state index contributed by atoms with van der Waals surface area (Å²) in [7, 11) is 0. The van der Waals surface area contributed by atoms with E-state index in [-0.39, 0.29) is 24.1 Å². The number of unbranched alkanes of at least 4 members (excludes halogenated alkanes) is 1. The Morgan fingerprint density at radius 2 is 1.57 bits per heavy atom. The molecule has 35 heavy (non-hydrogen) atoms. The normalized spacial score (nSPS) is 15.1. The smallest absolute Gasteiger partial charge is 0.326 e. The van der Waals surface area contributed by atoms with Crippen molar-refractivity contribution in [3.8, 4) is 0 Å². The molecule has 202 valence electrons. The molecule has 5 unspecified atom stereocenters. The van der Waals surface area contributed by atoms with Gasteiger partial charge in [-0.2, -0.15) is 12.6 Å². The second kappa shape index (κ2) is 17.8. The van der Waals surface area contributed by atoms with Gasteiger partial charge in [-0.15, -0.1) is 0 Å². The lowest BCUT2D eigenvalue weighted by Crippen LogP contribution is -2.59. The molecule has 0 saturated carbocycles. The van der Waals surface area contributed by atoms with E-state index < -0.39 is 47.9 Å². The maximum absolute atomic E-state index is 12.9. The predicted molar refractivity (Wildman–Crippen MR) is 138 cm³/mol. The quantitative estimate of drug-likeness (QED) is 0.0421. The highest BCUT2D eigenvalue weighted by molar-refractivity contribution is 7.80. The Morgan fingerprint density at radius 3 is 2.09 bits per heavy atom. The van der Waals surface area contributed by atoms with Crippen molar-refractivity contribution in [3.05, 3.63) is 0 Å². The van der Waals surface area contributed by atoms with Gasteiger partial charge >= 0.3 is 5.97 Å². The Labute approximate surface area is 212 Å². The number of carboxylic acids is 1. The van der Waals surface area contributed by atoms with E-state index in [1.54, 1.807) is 6.92 Å². The summed E-state index contributed by atoms with van der Waals surface area (Å²) in [6.45, 7) is 4.33. The molecule has 0 aromatic rings. The first kappa shape index (κ1) is 32.4. The molecule has 0 fully saturated rings. The number of carbonyl (C=O) groups excluding carboxylic acids is 3. The zero-order valence-corrected chi connectivity index (χ0v) is 21.4. The summed E-state index contributed by atoms with van der Waals surface area (Å²) >= 11 is 4.13. The lowest BCUT2D eigenvalue weighted by molar-refractivity contribution is -0.142. The van der Waals surface area contributed by atoms with Crippen molar-refractivity contribution < 1.29 is 24.3 Å². The van der Waals surface area contributed by atoms with Crippen LogP contribution in [-0.4, -0.2) is 77.8 Å². The maximum Gasteiger partial charge on any atom is 0.326 e. The van der Waals surface area contributed by atoms with Crippen molar-refractivity contribution in [3.63, 3.8) is 0 Å². The van der Waals surface area contributed by atoms with E-state index in [1.807, 2.05) is 6.92 Å². The minimum atomic E-state index is -1.17. The van der Waals surface area contributed by atoms with Gasteiger partial charge in [0.05, 0.1) is 6.04 Å². The number of rotatable bonds is 18. The van der Waals surface area contributed by atoms with Crippen LogP contribution in [0, 0.1) is 5.92 Å². The van der Waals surface area contributed by atoms with Gasteiger partial charge in [0, 0.05) is 12.3 Å². The number of aliphatic imine (C=N–C) groups is 1. The summed E-state index contributed by atoms with van der Waals surface area (Å²) in [4.78, 5) is 53.5. The number of thiol groups is 1. The molecule has 0 aromatic carbocycles. The van der Waals surface area contributed by atoms with Crippen molar-refractivity contribution in [2.24, 2.45) is 33.8 Å². The van der Waals surface area contributed by atoms with Crippen LogP contribution in [-0.2, 0) is 19.2 Å².